The Bertz CT molecular complexity index is 798. The van der Waals surface area contributed by atoms with Gasteiger partial charge in [-0.1, -0.05) is 11.6 Å². The van der Waals surface area contributed by atoms with Crippen molar-refractivity contribution in [2.75, 3.05) is 18.4 Å². The van der Waals surface area contributed by atoms with Gasteiger partial charge >= 0.3 is 10.3 Å². The van der Waals surface area contributed by atoms with E-state index in [1.54, 1.807) is 6.20 Å². The Morgan fingerprint density at radius 1 is 1.41 bits per heavy atom. The second-order valence-corrected chi connectivity index (χ2v) is 7.22. The number of likely N-dealkylation sites (N-methyl/N-ethyl adjacent to an activating group) is 1. The van der Waals surface area contributed by atoms with E-state index < -0.39 is 10.3 Å². The molecule has 1 unspecified atom stereocenters. The predicted octanol–water partition coefficient (Wildman–Crippen LogP) is 1.93. The van der Waals surface area contributed by atoms with Crippen molar-refractivity contribution in [1.29, 1.82) is 0 Å². The third-order valence-electron chi connectivity index (χ3n) is 4.38. The number of rotatable bonds is 4. The van der Waals surface area contributed by atoms with Gasteiger partial charge in [-0.05, 0) is 57.5 Å². The summed E-state index contributed by atoms with van der Waals surface area (Å²) in [6, 6.07) is 6.33. The molecule has 7 heteroatoms. The van der Waals surface area contributed by atoms with Gasteiger partial charge < -0.3 is 4.90 Å². The number of aryl methyl sites for hydroxylation is 1. The van der Waals surface area contributed by atoms with Crippen LogP contribution >= 0.6 is 0 Å². The lowest BCUT2D eigenvalue weighted by Crippen LogP contribution is -2.26. The molecule has 1 aromatic heterocycles. The first-order valence-corrected chi connectivity index (χ1v) is 8.83. The van der Waals surface area contributed by atoms with Gasteiger partial charge in [0.25, 0.3) is 0 Å². The highest BCUT2D eigenvalue weighted by atomic mass is 32.2. The molecule has 1 fully saturated rings. The molecule has 0 radical (unpaired) electrons. The Hall–Kier alpha value is -1.57. The van der Waals surface area contributed by atoms with E-state index in [0.717, 1.165) is 41.4 Å². The van der Waals surface area contributed by atoms with Crippen molar-refractivity contribution < 1.29 is 13.0 Å². The van der Waals surface area contributed by atoms with Crippen LogP contribution in [0.15, 0.2) is 24.4 Å². The van der Waals surface area contributed by atoms with E-state index >= 15 is 0 Å². The number of nitrogens with one attached hydrogen (secondary N) is 1. The molecule has 2 heterocycles. The minimum atomic E-state index is -4.30. The molecule has 2 aromatic rings. The van der Waals surface area contributed by atoms with Crippen LogP contribution in [-0.4, -0.2) is 42.2 Å². The third kappa shape index (κ3) is 3.11. The second-order valence-electron chi connectivity index (χ2n) is 6.09. The average molecular weight is 323 g/mol. The SMILES string of the molecule is Cc1ccc2c(c1)c(CC1CCCN1C)cn2NS(=O)(=O)O. The Balaban J connectivity index is 2.03. The molecule has 120 valence electrons. The number of hydrogen-bond donors (Lipinski definition) is 2. The van der Waals surface area contributed by atoms with Crippen molar-refractivity contribution >= 4 is 21.2 Å². The van der Waals surface area contributed by atoms with Gasteiger partial charge in [0.05, 0.1) is 5.52 Å². The van der Waals surface area contributed by atoms with Gasteiger partial charge in [0.1, 0.15) is 0 Å². The number of nitrogens with zero attached hydrogens (tertiary/aromatic N) is 2. The van der Waals surface area contributed by atoms with Crippen molar-refractivity contribution in [2.45, 2.75) is 32.2 Å². The highest BCUT2D eigenvalue weighted by molar-refractivity contribution is 7.86. The normalized spacial score (nSPS) is 19.9. The lowest BCUT2D eigenvalue weighted by molar-refractivity contribution is 0.310. The monoisotopic (exact) mass is 323 g/mol. The maximum atomic E-state index is 11.1. The summed E-state index contributed by atoms with van der Waals surface area (Å²) >= 11 is 0. The van der Waals surface area contributed by atoms with Gasteiger partial charge in [-0.2, -0.15) is 13.2 Å². The van der Waals surface area contributed by atoms with E-state index in [2.05, 4.69) is 22.8 Å². The standard InChI is InChI=1S/C15H21N3O3S/c1-11-5-6-15-14(8-11)12(9-13-4-3-7-17(13)2)10-18(15)16-22(19,20)21/h5-6,8,10,13,16H,3-4,7,9H2,1-2H3,(H,19,20,21). The first-order chi connectivity index (χ1) is 10.3. The third-order valence-corrected chi connectivity index (χ3v) is 4.81. The maximum absolute atomic E-state index is 11.1. The second kappa shape index (κ2) is 5.57. The van der Waals surface area contributed by atoms with Crippen LogP contribution in [0.25, 0.3) is 10.9 Å². The number of hydrogen-bond acceptors (Lipinski definition) is 3. The van der Waals surface area contributed by atoms with Crippen LogP contribution in [0.5, 0.6) is 0 Å². The molecule has 0 bridgehead atoms. The molecule has 0 saturated carbocycles. The van der Waals surface area contributed by atoms with E-state index in [-0.39, 0.29) is 0 Å². The van der Waals surface area contributed by atoms with Gasteiger partial charge in [0, 0.05) is 17.6 Å². The minimum Gasteiger partial charge on any atom is -0.303 e. The molecular formula is C15H21N3O3S. The molecule has 2 N–H and O–H groups in total. The van der Waals surface area contributed by atoms with Crippen LogP contribution in [-0.2, 0) is 16.7 Å². The first-order valence-electron chi connectivity index (χ1n) is 7.39. The number of benzene rings is 1. The average Bonchev–Trinajstić information content (AvgIpc) is 2.94. The maximum Gasteiger partial charge on any atom is 0.371 e. The number of aromatic nitrogens is 1. The number of likely N-dealkylation sites (tertiary alicyclic amines) is 1. The first kappa shape index (κ1) is 15.3. The van der Waals surface area contributed by atoms with Crippen LogP contribution in [0, 0.1) is 6.92 Å². The summed E-state index contributed by atoms with van der Waals surface area (Å²) in [5.41, 5.74) is 2.96. The van der Waals surface area contributed by atoms with Crippen LogP contribution in [0.2, 0.25) is 0 Å². The van der Waals surface area contributed by atoms with Crippen LogP contribution < -0.4 is 4.83 Å². The highest BCUT2D eigenvalue weighted by Crippen LogP contribution is 2.27. The lowest BCUT2D eigenvalue weighted by Gasteiger charge is -2.18. The van der Waals surface area contributed by atoms with Gasteiger partial charge in [0.2, 0.25) is 0 Å². The smallest absolute Gasteiger partial charge is 0.303 e. The zero-order valence-electron chi connectivity index (χ0n) is 12.8. The van der Waals surface area contributed by atoms with Gasteiger partial charge in [0.15, 0.2) is 0 Å². The van der Waals surface area contributed by atoms with Crippen molar-refractivity contribution in [2.24, 2.45) is 0 Å². The van der Waals surface area contributed by atoms with Gasteiger partial charge in [-0.25, -0.2) is 0 Å². The molecule has 1 atom stereocenters. The van der Waals surface area contributed by atoms with Crippen LogP contribution in [0.4, 0.5) is 0 Å². The van der Waals surface area contributed by atoms with E-state index in [9.17, 15) is 8.42 Å². The fourth-order valence-electron chi connectivity index (χ4n) is 3.27. The molecular weight excluding hydrogens is 302 g/mol. The Morgan fingerprint density at radius 2 is 2.18 bits per heavy atom. The minimum absolute atomic E-state index is 0.477. The largest absolute Gasteiger partial charge is 0.371 e. The summed E-state index contributed by atoms with van der Waals surface area (Å²) in [6.07, 6.45) is 4.99. The summed E-state index contributed by atoms with van der Waals surface area (Å²) < 4.78 is 32.7. The molecule has 6 nitrogen and oxygen atoms in total. The molecule has 22 heavy (non-hydrogen) atoms. The van der Waals surface area contributed by atoms with E-state index in [1.807, 2.05) is 19.1 Å². The predicted molar refractivity (Wildman–Crippen MR) is 86.9 cm³/mol. The molecule has 1 aliphatic heterocycles. The fourth-order valence-corrected chi connectivity index (χ4v) is 3.67. The zero-order chi connectivity index (χ0) is 15.9. The summed E-state index contributed by atoms with van der Waals surface area (Å²) in [7, 11) is -2.18. The molecule has 1 saturated heterocycles. The Morgan fingerprint density at radius 3 is 2.82 bits per heavy atom. The van der Waals surface area contributed by atoms with E-state index in [1.165, 1.54) is 11.1 Å². The summed E-state index contributed by atoms with van der Waals surface area (Å²) in [5, 5.41) is 1.02. The zero-order valence-corrected chi connectivity index (χ0v) is 13.6. The van der Waals surface area contributed by atoms with E-state index in [0.29, 0.717) is 6.04 Å². The molecule has 3 rings (SSSR count). The molecule has 0 aliphatic carbocycles. The van der Waals surface area contributed by atoms with Crippen molar-refractivity contribution in [3.05, 3.63) is 35.5 Å². The summed E-state index contributed by atoms with van der Waals surface area (Å²) in [4.78, 5) is 4.47. The van der Waals surface area contributed by atoms with Crippen LogP contribution in [0.1, 0.15) is 24.0 Å². The summed E-state index contributed by atoms with van der Waals surface area (Å²) in [6.45, 7) is 3.12. The molecule has 1 aliphatic rings. The van der Waals surface area contributed by atoms with E-state index in [4.69, 9.17) is 4.55 Å². The van der Waals surface area contributed by atoms with Crippen molar-refractivity contribution in [3.8, 4) is 0 Å². The van der Waals surface area contributed by atoms with Gasteiger partial charge in [-0.15, -0.1) is 0 Å². The Kier molecular flexibility index (Phi) is 3.88. The molecule has 0 spiro atoms. The van der Waals surface area contributed by atoms with Crippen LogP contribution in [0.3, 0.4) is 0 Å². The summed E-state index contributed by atoms with van der Waals surface area (Å²) in [5.74, 6) is 0. The topological polar surface area (TPSA) is 74.6 Å². The van der Waals surface area contributed by atoms with Gasteiger partial charge in [-0.3, -0.25) is 9.23 Å². The molecule has 0 amide bonds. The molecule has 1 aromatic carbocycles. The highest BCUT2D eigenvalue weighted by Gasteiger charge is 2.23. The number of fused-ring (bicyclic) bond motifs is 1. The Labute approximate surface area is 130 Å². The van der Waals surface area contributed by atoms with Crippen molar-refractivity contribution in [1.82, 2.24) is 9.58 Å². The van der Waals surface area contributed by atoms with Crippen molar-refractivity contribution in [3.63, 3.8) is 0 Å². The lowest BCUT2D eigenvalue weighted by atomic mass is 10.0. The fraction of sp³-hybridized carbons (Fsp3) is 0.467. The quantitative estimate of drug-likeness (QED) is 0.843.